The van der Waals surface area contributed by atoms with Crippen LogP contribution >= 0.6 is 0 Å². The van der Waals surface area contributed by atoms with Crippen molar-refractivity contribution in [3.05, 3.63) is 108 Å². The zero-order valence-electron chi connectivity index (χ0n) is 26.4. The van der Waals surface area contributed by atoms with Gasteiger partial charge in [-0.25, -0.2) is 0 Å². The van der Waals surface area contributed by atoms with Crippen LogP contribution in [0.3, 0.4) is 0 Å². The Balaban J connectivity index is 1.49. The molecular formula is C35H43N5O5. The Hall–Kier alpha value is -4.35. The number of aliphatic hydroxyl groups excluding tert-OH is 1. The summed E-state index contributed by atoms with van der Waals surface area (Å²) in [5, 5.41) is 28.8. The minimum absolute atomic E-state index is 0.0739. The van der Waals surface area contributed by atoms with E-state index in [1.807, 2.05) is 72.8 Å². The van der Waals surface area contributed by atoms with E-state index in [1.165, 1.54) is 19.1 Å². The molecule has 0 saturated carbocycles. The van der Waals surface area contributed by atoms with Crippen LogP contribution in [0.4, 0.5) is 0 Å². The smallest absolute Gasteiger partial charge is 0.245 e. The van der Waals surface area contributed by atoms with Gasteiger partial charge in [0.1, 0.15) is 13.2 Å². The Kier molecular flexibility index (Phi) is 11.9. The Bertz CT molecular complexity index is 1440. The van der Waals surface area contributed by atoms with Gasteiger partial charge < -0.3 is 31.9 Å². The lowest BCUT2D eigenvalue weighted by molar-refractivity contribution is -0.135. The second kappa shape index (κ2) is 16.6. The molecule has 1 aliphatic rings. The first-order valence-corrected chi connectivity index (χ1v) is 15.2. The van der Waals surface area contributed by atoms with E-state index in [4.69, 9.17) is 1.41 Å². The number of hydrogen-bond acceptors (Lipinski definition) is 8. The first-order chi connectivity index (χ1) is 22.2. The number of aromatic hydroxyl groups is 1. The number of nitrogens with one attached hydrogen (secondary N) is 3. The van der Waals surface area contributed by atoms with E-state index in [0.29, 0.717) is 25.2 Å². The molecule has 1 unspecified atom stereocenters. The zero-order chi connectivity index (χ0) is 32.9. The molecule has 5 atom stereocenters. The molecule has 3 aromatic rings. The van der Waals surface area contributed by atoms with Gasteiger partial charge in [-0.05, 0) is 48.6 Å². The Labute approximate surface area is 265 Å². The minimum atomic E-state index is -1.37. The highest BCUT2D eigenvalue weighted by atomic mass is 16.3. The molecule has 45 heavy (non-hydrogen) atoms. The maximum atomic E-state index is 14.2. The maximum absolute atomic E-state index is 14.2. The first-order valence-electron chi connectivity index (χ1n) is 15.7. The highest BCUT2D eigenvalue weighted by molar-refractivity contribution is 5.96. The number of ketones is 1. The van der Waals surface area contributed by atoms with Gasteiger partial charge in [-0.15, -0.1) is 0 Å². The van der Waals surface area contributed by atoms with E-state index < -0.39 is 42.1 Å². The average molecular weight is 615 g/mol. The van der Waals surface area contributed by atoms with Gasteiger partial charge in [0.25, 0.3) is 0 Å². The molecule has 1 fully saturated rings. The summed E-state index contributed by atoms with van der Waals surface area (Å²) in [4.78, 5) is 43.0. The second-order valence-corrected chi connectivity index (χ2v) is 11.3. The van der Waals surface area contributed by atoms with Gasteiger partial charge in [-0.1, -0.05) is 84.9 Å². The van der Waals surface area contributed by atoms with Gasteiger partial charge in [-0.3, -0.25) is 19.3 Å². The number of phenols is 1. The summed E-state index contributed by atoms with van der Waals surface area (Å²) in [6.07, 6.45) is 3.10. The number of carbonyl (C=O) groups excluding carboxylic acids is 3. The van der Waals surface area contributed by atoms with Crippen molar-refractivity contribution in [3.63, 3.8) is 0 Å². The van der Waals surface area contributed by atoms with Gasteiger partial charge >= 0.3 is 0 Å². The average Bonchev–Trinajstić information content (AvgIpc) is 3.07. The van der Waals surface area contributed by atoms with Crippen molar-refractivity contribution in [3.8, 4) is 5.75 Å². The van der Waals surface area contributed by atoms with Gasteiger partial charge in [0.15, 0.2) is 5.78 Å². The van der Waals surface area contributed by atoms with Crippen LogP contribution in [-0.2, 0) is 27.2 Å². The molecule has 10 heteroatoms. The van der Waals surface area contributed by atoms with E-state index in [2.05, 4.69) is 26.6 Å². The molecule has 4 rings (SSSR count). The summed E-state index contributed by atoms with van der Waals surface area (Å²) >= 11 is 0. The highest BCUT2D eigenvalue weighted by Gasteiger charge is 2.36. The van der Waals surface area contributed by atoms with Gasteiger partial charge in [0.2, 0.25) is 11.8 Å². The fourth-order valence-corrected chi connectivity index (χ4v) is 5.32. The van der Waals surface area contributed by atoms with Crippen LogP contribution in [0.2, 0.25) is 1.41 Å². The van der Waals surface area contributed by atoms with Crippen molar-refractivity contribution in [2.24, 2.45) is 5.73 Å². The quantitative estimate of drug-likeness (QED) is 0.150. The lowest BCUT2D eigenvalue weighted by Crippen LogP contribution is -2.62. The molecule has 0 radical (unpaired) electrons. The third-order valence-corrected chi connectivity index (χ3v) is 7.83. The van der Waals surface area contributed by atoms with Crippen molar-refractivity contribution in [2.45, 2.75) is 50.0 Å². The van der Waals surface area contributed by atoms with E-state index >= 15 is 0 Å². The summed E-state index contributed by atoms with van der Waals surface area (Å²) in [6.45, 7) is 3.73. The second-order valence-electron chi connectivity index (χ2n) is 11.3. The van der Waals surface area contributed by atoms with Gasteiger partial charge in [-0.2, -0.15) is 0 Å². The van der Waals surface area contributed by atoms with Gasteiger partial charge in [0, 0.05) is 26.2 Å². The standard InChI is InChI=1S/C35H43N5O5/c1-24(41)32(39-34(44)29(36)21-27-14-16-28(42)17-15-27)35(45)38-30(22-26-11-6-3-7-12-26)33(43)31-23-37-18-20-40(31)19-8-13-25-9-4-2-5-10-25/h2-17,24,29-32,37,41-42H,18-23,36H2,1H3,(H,38,45)(H,39,44)/t24-,29+,30+,31?,32+/m1/s1/i/hD. The van der Waals surface area contributed by atoms with E-state index in [1.54, 1.807) is 12.1 Å². The first kappa shape index (κ1) is 32.1. The van der Waals surface area contributed by atoms with Crippen molar-refractivity contribution in [1.29, 1.82) is 0 Å². The third kappa shape index (κ3) is 10.1. The van der Waals surface area contributed by atoms with Crippen LogP contribution in [0.25, 0.3) is 6.08 Å². The number of hydrogen-bond donors (Lipinski definition) is 6. The summed E-state index contributed by atoms with van der Waals surface area (Å²) in [5.41, 5.74) is 4.81. The number of amides is 2. The van der Waals surface area contributed by atoms with E-state index in [0.717, 1.165) is 17.7 Å². The zero-order valence-corrected chi connectivity index (χ0v) is 25.4. The number of carbonyl (C=O) groups is 3. The Morgan fingerprint density at radius 1 is 0.978 bits per heavy atom. The number of nitrogens with two attached hydrogens (primary N) is 1. The van der Waals surface area contributed by atoms with Crippen LogP contribution in [0.1, 0.15) is 23.6 Å². The van der Waals surface area contributed by atoms with Crippen molar-refractivity contribution in [1.82, 2.24) is 20.9 Å². The molecule has 3 aromatic carbocycles. The number of rotatable bonds is 15. The number of aliphatic hydroxyl groups is 1. The van der Waals surface area contributed by atoms with Crippen molar-refractivity contribution < 1.29 is 26.0 Å². The summed E-state index contributed by atoms with van der Waals surface area (Å²) in [5.74, 6) is -1.47. The predicted molar refractivity (Wildman–Crippen MR) is 174 cm³/mol. The number of Topliss-reactive ketones (excluding diaryl/α,β-unsaturated/α-hetero) is 1. The number of piperazine rings is 1. The van der Waals surface area contributed by atoms with Crippen molar-refractivity contribution >= 4 is 23.7 Å². The maximum Gasteiger partial charge on any atom is 0.245 e. The largest absolute Gasteiger partial charge is 0.508 e. The molecule has 7 N–H and O–H groups in total. The monoisotopic (exact) mass is 614 g/mol. The summed E-state index contributed by atoms with van der Waals surface area (Å²) in [6, 6.07) is 21.7. The molecule has 1 saturated heterocycles. The van der Waals surface area contributed by atoms with E-state index in [9.17, 15) is 24.6 Å². The molecule has 10 nitrogen and oxygen atoms in total. The molecule has 0 aromatic heterocycles. The summed E-state index contributed by atoms with van der Waals surface area (Å²) in [7, 11) is 0. The predicted octanol–water partition coefficient (Wildman–Crippen LogP) is 1.41. The number of benzene rings is 3. The Morgan fingerprint density at radius 2 is 1.64 bits per heavy atom. The molecule has 0 bridgehead atoms. The highest BCUT2D eigenvalue weighted by Crippen LogP contribution is 2.14. The fourth-order valence-electron chi connectivity index (χ4n) is 5.32. The van der Waals surface area contributed by atoms with Crippen LogP contribution < -0.4 is 21.7 Å². The molecule has 2 amide bonds. The van der Waals surface area contributed by atoms with Crippen LogP contribution in [-0.4, -0.2) is 89.2 Å². The topological polar surface area (TPSA) is 157 Å². The third-order valence-electron chi connectivity index (χ3n) is 7.83. The Morgan fingerprint density at radius 3 is 2.31 bits per heavy atom. The van der Waals surface area contributed by atoms with E-state index in [-0.39, 0.29) is 24.4 Å². The fraction of sp³-hybridized carbons (Fsp3) is 0.343. The number of nitrogens with zero attached hydrogens (tertiary/aromatic N) is 1. The van der Waals surface area contributed by atoms with Crippen LogP contribution in [0, 0.1) is 0 Å². The lowest BCUT2D eigenvalue weighted by Gasteiger charge is -2.36. The molecule has 1 heterocycles. The summed E-state index contributed by atoms with van der Waals surface area (Å²) < 4.78 is 7.68. The molecule has 238 valence electrons. The van der Waals surface area contributed by atoms with Crippen LogP contribution in [0.15, 0.2) is 91.0 Å². The van der Waals surface area contributed by atoms with Crippen LogP contribution in [0.5, 0.6) is 5.75 Å². The SMILES string of the molecule is [2H]N[C@@H](Cc1ccc(O)cc1)C(=O)N[C@H](C(=O)N[C@@H](Cc1ccccc1)C(=O)C1CNCCN1CC=Cc1ccccc1)[C@@H](C)O. The molecule has 0 aliphatic carbocycles. The molecule has 0 spiro atoms. The minimum Gasteiger partial charge on any atom is -0.508 e. The number of phenolic OH excluding ortho intramolecular Hbond substituents is 1. The molecule has 1 aliphatic heterocycles. The van der Waals surface area contributed by atoms with Gasteiger partial charge in [0.05, 0.1) is 24.2 Å². The molecular weight excluding hydrogens is 570 g/mol. The van der Waals surface area contributed by atoms with Crippen molar-refractivity contribution in [2.75, 3.05) is 26.2 Å². The lowest BCUT2D eigenvalue weighted by atomic mass is 9.95. The normalized spacial score (nSPS) is 18.4.